The van der Waals surface area contributed by atoms with Crippen LogP contribution >= 0.6 is 11.6 Å². The molecule has 4 aromatic carbocycles. The third kappa shape index (κ3) is 6.70. The van der Waals surface area contributed by atoms with Crippen LogP contribution in [0.5, 0.6) is 5.75 Å². The van der Waals surface area contributed by atoms with Crippen molar-refractivity contribution in [2.75, 3.05) is 0 Å². The summed E-state index contributed by atoms with van der Waals surface area (Å²) in [6, 6.07) is 15.7. The minimum Gasteiger partial charge on any atom is -0.428 e. The SMILES string of the molecule is C=C(c1ccccc1)[C@](NC(=O)c1cccc(C(F)(F)F)c1)(c1cc(F)cc(OC(F)(F)C(F)F)c1)c1ccc(F)c(Cl)c1. The van der Waals surface area contributed by atoms with Crippen LogP contribution in [0.4, 0.5) is 39.5 Å². The van der Waals surface area contributed by atoms with E-state index in [2.05, 4.69) is 16.6 Å². The van der Waals surface area contributed by atoms with Gasteiger partial charge in [-0.3, -0.25) is 4.79 Å². The van der Waals surface area contributed by atoms with Gasteiger partial charge in [0.05, 0.1) is 10.6 Å². The maximum Gasteiger partial charge on any atom is 0.461 e. The lowest BCUT2D eigenvalue weighted by Gasteiger charge is -2.39. The van der Waals surface area contributed by atoms with Crippen molar-refractivity contribution in [3.05, 3.63) is 142 Å². The number of hydrogen-bond acceptors (Lipinski definition) is 2. The highest BCUT2D eigenvalue weighted by Gasteiger charge is 2.45. The zero-order valence-electron chi connectivity index (χ0n) is 22.0. The first kappa shape index (κ1) is 32.5. The van der Waals surface area contributed by atoms with Crippen molar-refractivity contribution in [1.29, 1.82) is 0 Å². The molecule has 0 heterocycles. The first-order chi connectivity index (χ1) is 20.5. The molecular weight excluding hydrogens is 625 g/mol. The molecule has 1 N–H and O–H groups in total. The normalized spacial score (nSPS) is 13.3. The highest BCUT2D eigenvalue weighted by Crippen LogP contribution is 2.44. The van der Waals surface area contributed by atoms with Crippen LogP contribution in [0.3, 0.4) is 0 Å². The molecule has 0 fully saturated rings. The first-order valence-electron chi connectivity index (χ1n) is 12.4. The van der Waals surface area contributed by atoms with E-state index < -0.39 is 69.3 Å². The van der Waals surface area contributed by atoms with E-state index in [-0.39, 0.29) is 16.7 Å². The Balaban J connectivity index is 2.03. The van der Waals surface area contributed by atoms with Gasteiger partial charge in [0, 0.05) is 11.6 Å². The van der Waals surface area contributed by atoms with Gasteiger partial charge in [0.15, 0.2) is 0 Å². The molecule has 3 nitrogen and oxygen atoms in total. The van der Waals surface area contributed by atoms with Crippen molar-refractivity contribution in [2.45, 2.75) is 24.2 Å². The zero-order valence-corrected chi connectivity index (χ0v) is 22.8. The molecule has 44 heavy (non-hydrogen) atoms. The van der Waals surface area contributed by atoms with Gasteiger partial charge in [-0.25, -0.2) is 8.78 Å². The summed E-state index contributed by atoms with van der Waals surface area (Å²) in [5.41, 5.74) is -4.52. The average Bonchev–Trinajstić information content (AvgIpc) is 2.96. The number of carbonyl (C=O) groups is 1. The Morgan fingerprint density at radius 3 is 2.05 bits per heavy atom. The molecule has 0 saturated heterocycles. The second-order valence-corrected chi connectivity index (χ2v) is 9.80. The molecule has 0 unspecified atom stereocenters. The lowest BCUT2D eigenvalue weighted by Crippen LogP contribution is -2.48. The van der Waals surface area contributed by atoms with Crippen LogP contribution in [0.2, 0.25) is 5.02 Å². The van der Waals surface area contributed by atoms with Gasteiger partial charge in [0.25, 0.3) is 5.91 Å². The summed E-state index contributed by atoms with van der Waals surface area (Å²) < 4.78 is 127. The molecule has 0 bridgehead atoms. The first-order valence-corrected chi connectivity index (χ1v) is 12.8. The summed E-state index contributed by atoms with van der Waals surface area (Å²) in [6.07, 6.45) is -14.2. The third-order valence-corrected chi connectivity index (χ3v) is 6.78. The summed E-state index contributed by atoms with van der Waals surface area (Å²) in [5.74, 6) is -4.52. The van der Waals surface area contributed by atoms with E-state index >= 15 is 4.39 Å². The monoisotopic (exact) mass is 643 g/mol. The molecule has 0 aliphatic carbocycles. The largest absolute Gasteiger partial charge is 0.461 e. The molecule has 4 aromatic rings. The van der Waals surface area contributed by atoms with Crippen LogP contribution in [0, 0.1) is 11.6 Å². The molecule has 0 aliphatic rings. The maximum absolute atomic E-state index is 15.0. The number of benzene rings is 4. The molecule has 4 rings (SSSR count). The number of halogens is 10. The van der Waals surface area contributed by atoms with Gasteiger partial charge in [0.2, 0.25) is 0 Å². The fourth-order valence-corrected chi connectivity index (χ4v) is 4.62. The summed E-state index contributed by atoms with van der Waals surface area (Å²) in [6.45, 7) is 4.01. The summed E-state index contributed by atoms with van der Waals surface area (Å²) in [7, 11) is 0. The fraction of sp³-hybridized carbons (Fsp3) is 0.129. The number of rotatable bonds is 9. The third-order valence-electron chi connectivity index (χ3n) is 6.49. The van der Waals surface area contributed by atoms with Crippen LogP contribution in [0.15, 0.2) is 97.6 Å². The summed E-state index contributed by atoms with van der Waals surface area (Å²) in [5, 5.41) is 1.98. The van der Waals surface area contributed by atoms with E-state index in [1.807, 2.05) is 0 Å². The van der Waals surface area contributed by atoms with Crippen LogP contribution < -0.4 is 10.1 Å². The van der Waals surface area contributed by atoms with E-state index in [9.17, 15) is 39.9 Å². The van der Waals surface area contributed by atoms with Crippen LogP contribution in [-0.4, -0.2) is 18.4 Å². The Morgan fingerprint density at radius 2 is 1.43 bits per heavy atom. The average molecular weight is 644 g/mol. The van der Waals surface area contributed by atoms with Crippen molar-refractivity contribution in [3.8, 4) is 5.75 Å². The Bertz CT molecular complexity index is 1690. The number of alkyl halides is 7. The quantitative estimate of drug-likeness (QED) is 0.185. The number of hydrogen-bond donors (Lipinski definition) is 1. The fourth-order valence-electron chi connectivity index (χ4n) is 4.44. The van der Waals surface area contributed by atoms with Crippen LogP contribution in [0.1, 0.15) is 32.6 Å². The smallest absolute Gasteiger partial charge is 0.428 e. The van der Waals surface area contributed by atoms with Crippen molar-refractivity contribution in [3.63, 3.8) is 0 Å². The highest BCUT2D eigenvalue weighted by atomic mass is 35.5. The van der Waals surface area contributed by atoms with Crippen molar-refractivity contribution in [2.24, 2.45) is 0 Å². The Morgan fingerprint density at radius 1 is 0.773 bits per heavy atom. The Hall–Kier alpha value is -4.45. The van der Waals surface area contributed by atoms with Crippen LogP contribution in [-0.2, 0) is 11.7 Å². The number of nitrogens with one attached hydrogen (secondary N) is 1. The van der Waals surface area contributed by atoms with Gasteiger partial charge >= 0.3 is 18.7 Å². The maximum atomic E-state index is 15.0. The molecular formula is C31H19ClF9NO2. The topological polar surface area (TPSA) is 38.3 Å². The minimum atomic E-state index is -5.06. The Labute approximate surface area is 249 Å². The minimum absolute atomic E-state index is 0.127. The van der Waals surface area contributed by atoms with Gasteiger partial charge in [-0.15, -0.1) is 0 Å². The van der Waals surface area contributed by atoms with E-state index in [1.54, 1.807) is 18.2 Å². The van der Waals surface area contributed by atoms with Crippen LogP contribution in [0.25, 0.3) is 5.57 Å². The molecule has 13 heteroatoms. The molecule has 0 aromatic heterocycles. The van der Waals surface area contributed by atoms with Gasteiger partial charge in [-0.1, -0.05) is 60.6 Å². The van der Waals surface area contributed by atoms with E-state index in [0.29, 0.717) is 24.3 Å². The standard InChI is InChI=1S/C31H19ClF9NO2/c1-17(18-6-3-2-4-7-18)29(20-10-11-26(34)25(32)15-20,42-27(43)19-8-5-9-21(12-19)30(37,38)39)22-13-23(33)16-24(14-22)44-31(40,41)28(35)36/h2-16,28H,1H2,(H,42,43)/t29-/m1/s1. The van der Waals surface area contributed by atoms with Crippen molar-refractivity contribution in [1.82, 2.24) is 5.32 Å². The predicted molar refractivity (Wildman–Crippen MR) is 145 cm³/mol. The number of ether oxygens (including phenoxy) is 1. The second-order valence-electron chi connectivity index (χ2n) is 9.40. The summed E-state index contributed by atoms with van der Waals surface area (Å²) in [4.78, 5) is 13.7. The lowest BCUT2D eigenvalue weighted by atomic mass is 9.74. The van der Waals surface area contributed by atoms with E-state index in [0.717, 1.165) is 36.4 Å². The molecule has 0 aliphatic heterocycles. The Kier molecular flexibility index (Phi) is 9.06. The molecule has 0 saturated carbocycles. The number of amides is 1. The highest BCUT2D eigenvalue weighted by molar-refractivity contribution is 6.30. The molecule has 1 atom stereocenters. The van der Waals surface area contributed by atoms with E-state index in [1.165, 1.54) is 12.1 Å². The predicted octanol–water partition coefficient (Wildman–Crippen LogP) is 9.26. The van der Waals surface area contributed by atoms with Crippen molar-refractivity contribution < 1.29 is 49.0 Å². The van der Waals surface area contributed by atoms with Gasteiger partial charge in [-0.2, -0.15) is 30.7 Å². The van der Waals surface area contributed by atoms with Gasteiger partial charge < -0.3 is 10.1 Å². The molecule has 230 valence electrons. The molecule has 0 spiro atoms. The molecule has 1 amide bonds. The second kappa shape index (κ2) is 12.3. The van der Waals surface area contributed by atoms with Crippen molar-refractivity contribution >= 4 is 23.1 Å². The van der Waals surface area contributed by atoms with Gasteiger partial charge in [-0.05, 0) is 64.7 Å². The summed E-state index contributed by atoms with van der Waals surface area (Å²) >= 11 is 6.04. The van der Waals surface area contributed by atoms with E-state index in [4.69, 9.17) is 11.6 Å². The zero-order chi connectivity index (χ0) is 32.4. The lowest BCUT2D eigenvalue weighted by molar-refractivity contribution is -0.253. The molecule has 0 radical (unpaired) electrons. The number of carbonyl (C=O) groups excluding carboxylic acids is 1. The van der Waals surface area contributed by atoms with Gasteiger partial charge in [0.1, 0.15) is 22.9 Å².